The number of aromatic nitrogens is 1. The minimum Gasteiger partial charge on any atom is -0.495 e. The van der Waals surface area contributed by atoms with Gasteiger partial charge in [0.1, 0.15) is 5.75 Å². The van der Waals surface area contributed by atoms with Crippen molar-refractivity contribution in [2.75, 3.05) is 7.11 Å². The monoisotopic (exact) mass is 208 g/mol. The van der Waals surface area contributed by atoms with Gasteiger partial charge in [0.15, 0.2) is 0 Å². The van der Waals surface area contributed by atoms with Gasteiger partial charge in [0.05, 0.1) is 13.3 Å². The highest BCUT2D eigenvalue weighted by Crippen LogP contribution is 2.20. The van der Waals surface area contributed by atoms with Crippen molar-refractivity contribution in [2.45, 2.75) is 38.6 Å². The molecule has 0 radical (unpaired) electrons. The average molecular weight is 208 g/mol. The normalized spacial score (nSPS) is 12.5. The highest BCUT2D eigenvalue weighted by atomic mass is 16.5. The number of nitrogens with two attached hydrogens (primary N) is 1. The highest BCUT2D eigenvalue weighted by Gasteiger charge is 2.06. The minimum absolute atomic E-state index is 0.0825. The first-order valence-corrected chi connectivity index (χ1v) is 5.52. The second-order valence-corrected chi connectivity index (χ2v) is 3.76. The van der Waals surface area contributed by atoms with E-state index < -0.39 is 0 Å². The van der Waals surface area contributed by atoms with Crippen molar-refractivity contribution in [2.24, 2.45) is 5.73 Å². The van der Waals surface area contributed by atoms with Crippen molar-refractivity contribution in [1.82, 2.24) is 4.98 Å². The minimum atomic E-state index is 0.0825. The van der Waals surface area contributed by atoms with Crippen LogP contribution in [0.5, 0.6) is 5.75 Å². The largest absolute Gasteiger partial charge is 0.495 e. The van der Waals surface area contributed by atoms with Crippen molar-refractivity contribution in [3.05, 3.63) is 24.0 Å². The maximum atomic E-state index is 6.06. The Hall–Kier alpha value is -1.09. The zero-order valence-corrected chi connectivity index (χ0v) is 9.57. The lowest BCUT2D eigenvalue weighted by Crippen LogP contribution is -2.10. The molecule has 0 saturated heterocycles. The summed E-state index contributed by atoms with van der Waals surface area (Å²) in [5, 5.41) is 0. The molecule has 0 aromatic carbocycles. The third kappa shape index (κ3) is 3.88. The van der Waals surface area contributed by atoms with Gasteiger partial charge < -0.3 is 10.5 Å². The summed E-state index contributed by atoms with van der Waals surface area (Å²) >= 11 is 0. The Labute approximate surface area is 91.7 Å². The maximum Gasteiger partial charge on any atom is 0.137 e. The molecule has 1 aromatic heterocycles. The number of pyridine rings is 1. The predicted octanol–water partition coefficient (Wildman–Crippen LogP) is 2.67. The van der Waals surface area contributed by atoms with Crippen LogP contribution in [0.1, 0.15) is 44.2 Å². The lowest BCUT2D eigenvalue weighted by molar-refractivity contribution is 0.411. The molecule has 0 spiro atoms. The van der Waals surface area contributed by atoms with E-state index in [9.17, 15) is 0 Å². The molecule has 0 aliphatic rings. The van der Waals surface area contributed by atoms with Gasteiger partial charge in [0.2, 0.25) is 0 Å². The Morgan fingerprint density at radius 2 is 2.20 bits per heavy atom. The number of ether oxygens (including phenoxy) is 1. The van der Waals surface area contributed by atoms with E-state index in [-0.39, 0.29) is 6.04 Å². The molecule has 1 atom stereocenters. The van der Waals surface area contributed by atoms with E-state index in [0.29, 0.717) is 0 Å². The van der Waals surface area contributed by atoms with E-state index in [4.69, 9.17) is 10.5 Å². The standard InChI is InChI=1S/C12H20N2O/c1-3-4-5-6-12(13)10-7-11(15-2)9-14-8-10/h7-9,12H,3-6,13H2,1-2H3. The zero-order chi connectivity index (χ0) is 11.1. The van der Waals surface area contributed by atoms with Crippen LogP contribution in [0.2, 0.25) is 0 Å². The van der Waals surface area contributed by atoms with E-state index in [1.54, 1.807) is 13.3 Å². The van der Waals surface area contributed by atoms with Gasteiger partial charge in [-0.05, 0) is 18.1 Å². The SMILES string of the molecule is CCCCCC(N)c1cncc(OC)c1. The second kappa shape index (κ2) is 6.40. The highest BCUT2D eigenvalue weighted by molar-refractivity contribution is 5.25. The summed E-state index contributed by atoms with van der Waals surface area (Å²) in [7, 11) is 1.64. The topological polar surface area (TPSA) is 48.1 Å². The molecule has 1 aromatic rings. The Morgan fingerprint density at radius 1 is 1.40 bits per heavy atom. The summed E-state index contributed by atoms with van der Waals surface area (Å²) in [6.07, 6.45) is 8.17. The van der Waals surface area contributed by atoms with E-state index in [2.05, 4.69) is 11.9 Å². The summed E-state index contributed by atoms with van der Waals surface area (Å²) in [5.41, 5.74) is 7.12. The van der Waals surface area contributed by atoms with Crippen LogP contribution in [-0.4, -0.2) is 12.1 Å². The first-order valence-electron chi connectivity index (χ1n) is 5.52. The van der Waals surface area contributed by atoms with Crippen LogP contribution in [0.4, 0.5) is 0 Å². The number of hydrogen-bond acceptors (Lipinski definition) is 3. The Balaban J connectivity index is 2.52. The molecule has 3 nitrogen and oxygen atoms in total. The molecule has 0 bridgehead atoms. The molecule has 0 aliphatic heterocycles. The summed E-state index contributed by atoms with van der Waals surface area (Å²) in [6, 6.07) is 2.04. The van der Waals surface area contributed by atoms with Crippen LogP contribution in [0.3, 0.4) is 0 Å². The van der Waals surface area contributed by atoms with Crippen LogP contribution >= 0.6 is 0 Å². The molecule has 1 heterocycles. The fraction of sp³-hybridized carbons (Fsp3) is 0.583. The molecule has 0 aliphatic carbocycles. The van der Waals surface area contributed by atoms with Gasteiger partial charge in [0, 0.05) is 12.2 Å². The van der Waals surface area contributed by atoms with Gasteiger partial charge >= 0.3 is 0 Å². The van der Waals surface area contributed by atoms with Crippen LogP contribution in [0.15, 0.2) is 18.5 Å². The summed E-state index contributed by atoms with van der Waals surface area (Å²) < 4.78 is 5.11. The van der Waals surface area contributed by atoms with Gasteiger partial charge in [-0.15, -0.1) is 0 Å². The number of nitrogens with zero attached hydrogens (tertiary/aromatic N) is 1. The number of rotatable bonds is 6. The maximum absolute atomic E-state index is 6.06. The molecule has 0 saturated carbocycles. The molecular weight excluding hydrogens is 188 g/mol. The number of unbranched alkanes of at least 4 members (excludes halogenated alkanes) is 2. The average Bonchev–Trinajstić information content (AvgIpc) is 2.29. The molecule has 1 rings (SSSR count). The third-order valence-electron chi connectivity index (χ3n) is 2.52. The molecule has 3 heteroatoms. The summed E-state index contributed by atoms with van der Waals surface area (Å²) in [4.78, 5) is 4.10. The van der Waals surface area contributed by atoms with Crippen molar-refractivity contribution in [3.8, 4) is 5.75 Å². The van der Waals surface area contributed by atoms with Gasteiger partial charge in [-0.1, -0.05) is 26.2 Å². The van der Waals surface area contributed by atoms with E-state index in [1.807, 2.05) is 12.3 Å². The summed E-state index contributed by atoms with van der Waals surface area (Å²) in [6.45, 7) is 2.19. The molecule has 2 N–H and O–H groups in total. The Morgan fingerprint density at radius 3 is 2.87 bits per heavy atom. The van der Waals surface area contributed by atoms with Gasteiger partial charge in [-0.25, -0.2) is 0 Å². The van der Waals surface area contributed by atoms with E-state index >= 15 is 0 Å². The number of hydrogen-bond donors (Lipinski definition) is 1. The zero-order valence-electron chi connectivity index (χ0n) is 9.57. The Kier molecular flexibility index (Phi) is 5.12. The van der Waals surface area contributed by atoms with Gasteiger partial charge in [-0.2, -0.15) is 0 Å². The van der Waals surface area contributed by atoms with Crippen molar-refractivity contribution in [3.63, 3.8) is 0 Å². The summed E-state index contributed by atoms with van der Waals surface area (Å²) in [5.74, 6) is 0.776. The molecule has 0 fully saturated rings. The van der Waals surface area contributed by atoms with Gasteiger partial charge in [-0.3, -0.25) is 4.98 Å². The van der Waals surface area contributed by atoms with Crippen molar-refractivity contribution < 1.29 is 4.74 Å². The van der Waals surface area contributed by atoms with E-state index in [0.717, 1.165) is 17.7 Å². The fourth-order valence-electron chi connectivity index (χ4n) is 1.53. The van der Waals surface area contributed by atoms with Crippen molar-refractivity contribution in [1.29, 1.82) is 0 Å². The first kappa shape index (κ1) is 12.0. The lowest BCUT2D eigenvalue weighted by Gasteiger charge is -2.11. The molecule has 0 amide bonds. The van der Waals surface area contributed by atoms with Gasteiger partial charge in [0.25, 0.3) is 0 Å². The number of methoxy groups -OCH3 is 1. The molecule has 1 unspecified atom stereocenters. The second-order valence-electron chi connectivity index (χ2n) is 3.76. The van der Waals surface area contributed by atoms with E-state index in [1.165, 1.54) is 19.3 Å². The van der Waals surface area contributed by atoms with Crippen LogP contribution in [0.25, 0.3) is 0 Å². The molecular formula is C12H20N2O. The lowest BCUT2D eigenvalue weighted by atomic mass is 10.0. The third-order valence-corrected chi connectivity index (χ3v) is 2.52. The van der Waals surface area contributed by atoms with Crippen LogP contribution < -0.4 is 10.5 Å². The van der Waals surface area contributed by atoms with Crippen molar-refractivity contribution >= 4 is 0 Å². The first-order chi connectivity index (χ1) is 7.27. The quantitative estimate of drug-likeness (QED) is 0.731. The molecule has 84 valence electrons. The van der Waals surface area contributed by atoms with Crippen LogP contribution in [0, 0.1) is 0 Å². The predicted molar refractivity (Wildman–Crippen MR) is 61.9 cm³/mol. The van der Waals surface area contributed by atoms with Crippen LogP contribution in [-0.2, 0) is 0 Å². The fourth-order valence-corrected chi connectivity index (χ4v) is 1.53. The smallest absolute Gasteiger partial charge is 0.137 e. The molecule has 15 heavy (non-hydrogen) atoms. The Bertz CT molecular complexity index is 289.